The number of nitro groups is 2. The number of non-ortho nitro benzene ring substituents is 2. The zero-order chi connectivity index (χ0) is 19.4. The molecule has 8 heteroatoms. The van der Waals surface area contributed by atoms with Crippen LogP contribution >= 0.6 is 0 Å². The van der Waals surface area contributed by atoms with E-state index in [1.165, 1.54) is 24.3 Å². The van der Waals surface area contributed by atoms with Crippen LogP contribution in [-0.2, 0) is 4.79 Å². The molecule has 0 saturated carbocycles. The maximum atomic E-state index is 12.7. The smallest absolute Gasteiger partial charge is 0.269 e. The predicted octanol–water partition coefficient (Wildman–Crippen LogP) is 3.14. The molecule has 1 N–H and O–H groups in total. The molecule has 8 nitrogen and oxygen atoms in total. The van der Waals surface area contributed by atoms with Crippen LogP contribution in [0, 0.1) is 20.2 Å². The van der Waals surface area contributed by atoms with Gasteiger partial charge >= 0.3 is 0 Å². The van der Waals surface area contributed by atoms with Gasteiger partial charge in [0, 0.05) is 48.5 Å². The minimum absolute atomic E-state index is 0.0102. The highest BCUT2D eigenvalue weighted by Gasteiger charge is 2.20. The van der Waals surface area contributed by atoms with Crippen LogP contribution in [-0.4, -0.2) is 28.7 Å². The number of nitrogens with one attached hydrogen (secondary N) is 1. The number of carbonyl (C=O) groups is 1. The van der Waals surface area contributed by atoms with Crippen LogP contribution in [0.4, 0.5) is 11.4 Å². The molecule has 0 aliphatic carbocycles. The van der Waals surface area contributed by atoms with Crippen LogP contribution < -0.4 is 5.32 Å². The van der Waals surface area contributed by atoms with E-state index in [0.717, 1.165) is 0 Å². The molecule has 0 radical (unpaired) electrons. The molecule has 27 heavy (non-hydrogen) atoms. The first-order chi connectivity index (χ1) is 12.9. The Labute approximate surface area is 154 Å². The third kappa shape index (κ3) is 4.31. The van der Waals surface area contributed by atoms with Crippen LogP contribution in [0.2, 0.25) is 0 Å². The summed E-state index contributed by atoms with van der Waals surface area (Å²) in [5.41, 5.74) is 2.46. The lowest BCUT2D eigenvalue weighted by molar-refractivity contribution is -0.385. The summed E-state index contributed by atoms with van der Waals surface area (Å²) in [6, 6.07) is 11.9. The number of Topliss-reactive ketones (excluding diaryl/α,β-unsaturated/α-hetero) is 1. The maximum absolute atomic E-state index is 12.7. The van der Waals surface area contributed by atoms with E-state index in [1.54, 1.807) is 36.4 Å². The molecule has 0 amide bonds. The number of nitrogens with zero attached hydrogens (tertiary/aromatic N) is 2. The monoisotopic (exact) mass is 365 g/mol. The summed E-state index contributed by atoms with van der Waals surface area (Å²) in [5.74, 6) is -0.120. The second-order valence-electron chi connectivity index (χ2n) is 5.97. The molecule has 1 heterocycles. The van der Waals surface area contributed by atoms with Gasteiger partial charge in [0.05, 0.1) is 9.85 Å². The molecule has 136 valence electrons. The van der Waals surface area contributed by atoms with Crippen molar-refractivity contribution in [2.45, 2.75) is 0 Å². The van der Waals surface area contributed by atoms with Gasteiger partial charge in [0.25, 0.3) is 11.4 Å². The molecule has 0 atom stereocenters. The summed E-state index contributed by atoms with van der Waals surface area (Å²) in [6.07, 6.45) is 3.39. The highest BCUT2D eigenvalue weighted by atomic mass is 16.6. The van der Waals surface area contributed by atoms with E-state index in [0.29, 0.717) is 35.4 Å². The number of ketones is 1. The quantitative estimate of drug-likeness (QED) is 0.505. The van der Waals surface area contributed by atoms with Crippen molar-refractivity contribution in [1.82, 2.24) is 5.32 Å². The summed E-state index contributed by atoms with van der Waals surface area (Å²) >= 11 is 0. The van der Waals surface area contributed by atoms with Gasteiger partial charge in [-0.25, -0.2) is 0 Å². The van der Waals surface area contributed by atoms with E-state index < -0.39 is 9.85 Å². The third-order valence-electron chi connectivity index (χ3n) is 4.10. The van der Waals surface area contributed by atoms with Crippen LogP contribution in [0.1, 0.15) is 11.1 Å². The van der Waals surface area contributed by atoms with E-state index in [-0.39, 0.29) is 17.2 Å². The number of nitro benzene ring substituents is 2. The number of carbonyl (C=O) groups excluding carboxylic acids is 1. The van der Waals surface area contributed by atoms with Crippen molar-refractivity contribution in [1.29, 1.82) is 0 Å². The summed E-state index contributed by atoms with van der Waals surface area (Å²) in [4.78, 5) is 33.2. The summed E-state index contributed by atoms with van der Waals surface area (Å²) in [7, 11) is 0. The normalized spacial score (nSPS) is 17.3. The van der Waals surface area contributed by atoms with Gasteiger partial charge in [-0.05, 0) is 47.5 Å². The Morgan fingerprint density at radius 3 is 1.44 bits per heavy atom. The van der Waals surface area contributed by atoms with Gasteiger partial charge in [0.1, 0.15) is 0 Å². The Bertz CT molecular complexity index is 882. The number of hydrogen-bond donors (Lipinski definition) is 1. The lowest BCUT2D eigenvalue weighted by atomic mass is 9.95. The molecule has 2 aromatic carbocycles. The highest BCUT2D eigenvalue weighted by Crippen LogP contribution is 2.20. The van der Waals surface area contributed by atoms with Crippen molar-refractivity contribution in [3.8, 4) is 0 Å². The van der Waals surface area contributed by atoms with Gasteiger partial charge in [-0.3, -0.25) is 25.0 Å². The van der Waals surface area contributed by atoms with Crippen LogP contribution in [0.3, 0.4) is 0 Å². The first-order valence-corrected chi connectivity index (χ1v) is 8.09. The number of rotatable bonds is 4. The van der Waals surface area contributed by atoms with Crippen molar-refractivity contribution < 1.29 is 14.6 Å². The molecule has 0 aromatic heterocycles. The Kier molecular flexibility index (Phi) is 5.18. The minimum Gasteiger partial charge on any atom is -0.308 e. The van der Waals surface area contributed by atoms with Gasteiger partial charge < -0.3 is 5.32 Å². The first-order valence-electron chi connectivity index (χ1n) is 8.09. The standard InChI is InChI=1S/C19H15N3O5/c23-19-15(9-13-1-5-17(6-2-13)21(24)25)11-20-12-16(19)10-14-3-7-18(8-4-14)22(26)27/h1-10,20H,11-12H2/b15-9+,16-10?. The Morgan fingerprint density at radius 1 is 0.741 bits per heavy atom. The molecule has 0 bridgehead atoms. The van der Waals surface area contributed by atoms with E-state index in [2.05, 4.69) is 5.32 Å². The summed E-state index contributed by atoms with van der Waals surface area (Å²) < 4.78 is 0. The molecule has 1 aliphatic heterocycles. The molecule has 1 saturated heterocycles. The van der Waals surface area contributed by atoms with E-state index in [4.69, 9.17) is 0 Å². The maximum Gasteiger partial charge on any atom is 0.269 e. The Balaban J connectivity index is 1.82. The molecular weight excluding hydrogens is 350 g/mol. The van der Waals surface area contributed by atoms with Crippen LogP contribution in [0.5, 0.6) is 0 Å². The molecule has 3 rings (SSSR count). The van der Waals surface area contributed by atoms with Gasteiger partial charge in [-0.2, -0.15) is 0 Å². The van der Waals surface area contributed by atoms with Crippen LogP contribution in [0.25, 0.3) is 12.2 Å². The van der Waals surface area contributed by atoms with E-state index in [9.17, 15) is 25.0 Å². The molecule has 2 aromatic rings. The number of benzene rings is 2. The molecular formula is C19H15N3O5. The Hall–Kier alpha value is -3.65. The van der Waals surface area contributed by atoms with E-state index >= 15 is 0 Å². The molecule has 1 aliphatic rings. The first kappa shape index (κ1) is 18.2. The van der Waals surface area contributed by atoms with Crippen molar-refractivity contribution in [2.24, 2.45) is 0 Å². The molecule has 0 spiro atoms. The largest absolute Gasteiger partial charge is 0.308 e. The summed E-state index contributed by atoms with van der Waals surface area (Å²) in [5, 5.41) is 24.6. The molecule has 0 unspecified atom stereocenters. The fraction of sp³-hybridized carbons (Fsp3) is 0.105. The SMILES string of the molecule is O=C1C(=Cc2ccc([N+](=O)[O-])cc2)CNC/C1=C\c1ccc([N+](=O)[O-])cc1. The van der Waals surface area contributed by atoms with Crippen molar-refractivity contribution in [2.75, 3.05) is 13.1 Å². The van der Waals surface area contributed by atoms with Crippen molar-refractivity contribution in [3.63, 3.8) is 0 Å². The number of piperidine rings is 1. The summed E-state index contributed by atoms with van der Waals surface area (Å²) in [6.45, 7) is 0.793. The second kappa shape index (κ2) is 7.71. The lowest BCUT2D eigenvalue weighted by Gasteiger charge is -2.18. The number of hydrogen-bond acceptors (Lipinski definition) is 6. The zero-order valence-electron chi connectivity index (χ0n) is 14.1. The molecule has 1 fully saturated rings. The average molecular weight is 365 g/mol. The lowest BCUT2D eigenvalue weighted by Crippen LogP contribution is -2.32. The Morgan fingerprint density at radius 2 is 1.11 bits per heavy atom. The third-order valence-corrected chi connectivity index (χ3v) is 4.10. The predicted molar refractivity (Wildman–Crippen MR) is 100 cm³/mol. The zero-order valence-corrected chi connectivity index (χ0v) is 14.1. The average Bonchev–Trinajstić information content (AvgIpc) is 2.66. The topological polar surface area (TPSA) is 115 Å². The van der Waals surface area contributed by atoms with Crippen LogP contribution in [0.15, 0.2) is 59.7 Å². The van der Waals surface area contributed by atoms with Gasteiger partial charge in [0.15, 0.2) is 5.78 Å². The van der Waals surface area contributed by atoms with Gasteiger partial charge in [-0.1, -0.05) is 0 Å². The van der Waals surface area contributed by atoms with Gasteiger partial charge in [-0.15, -0.1) is 0 Å². The van der Waals surface area contributed by atoms with Crippen molar-refractivity contribution >= 4 is 29.3 Å². The van der Waals surface area contributed by atoms with Crippen molar-refractivity contribution in [3.05, 3.63) is 91.0 Å². The fourth-order valence-electron chi connectivity index (χ4n) is 2.72. The van der Waals surface area contributed by atoms with Gasteiger partial charge in [0.2, 0.25) is 0 Å². The highest BCUT2D eigenvalue weighted by molar-refractivity contribution is 6.14. The van der Waals surface area contributed by atoms with E-state index in [1.807, 2.05) is 0 Å². The second-order valence-corrected chi connectivity index (χ2v) is 5.97. The minimum atomic E-state index is -0.477. The fourth-order valence-corrected chi connectivity index (χ4v) is 2.72.